The first kappa shape index (κ1) is 21.1. The van der Waals surface area contributed by atoms with Gasteiger partial charge in [0.1, 0.15) is 5.76 Å². The summed E-state index contributed by atoms with van der Waals surface area (Å²) in [6, 6.07) is 4.47. The van der Waals surface area contributed by atoms with E-state index in [0.717, 1.165) is 42.9 Å². The second kappa shape index (κ2) is 10.8. The lowest BCUT2D eigenvalue weighted by molar-refractivity contribution is -0.118. The van der Waals surface area contributed by atoms with Crippen molar-refractivity contribution in [1.82, 2.24) is 16.0 Å². The van der Waals surface area contributed by atoms with Crippen molar-refractivity contribution in [3.63, 3.8) is 0 Å². The van der Waals surface area contributed by atoms with Gasteiger partial charge in [0, 0.05) is 39.0 Å². The van der Waals surface area contributed by atoms with Crippen LogP contribution in [0.3, 0.4) is 0 Å². The summed E-state index contributed by atoms with van der Waals surface area (Å²) in [5.74, 6) is 3.61. The van der Waals surface area contributed by atoms with Crippen LogP contribution in [0.2, 0.25) is 0 Å². The van der Waals surface area contributed by atoms with Crippen LogP contribution < -0.4 is 16.0 Å². The Kier molecular flexibility index (Phi) is 8.74. The molecule has 1 aromatic heterocycles. The Labute approximate surface area is 173 Å². The summed E-state index contributed by atoms with van der Waals surface area (Å²) < 4.78 is 5.38. The monoisotopic (exact) mass is 474 g/mol. The Morgan fingerprint density at radius 2 is 2.15 bits per heavy atom. The number of carbonyl (C=O) groups is 1. The molecule has 6 nitrogen and oxygen atoms in total. The lowest BCUT2D eigenvalue weighted by Gasteiger charge is -2.25. The lowest BCUT2D eigenvalue weighted by Crippen LogP contribution is -2.46. The van der Waals surface area contributed by atoms with Gasteiger partial charge in [-0.15, -0.1) is 24.0 Å². The number of fused-ring (bicyclic) bond motifs is 2. The Hall–Kier alpha value is -1.25. The summed E-state index contributed by atoms with van der Waals surface area (Å²) in [6.45, 7) is 3.72. The topological polar surface area (TPSA) is 78.7 Å². The molecule has 7 heteroatoms. The van der Waals surface area contributed by atoms with E-state index in [2.05, 4.69) is 16.0 Å². The van der Waals surface area contributed by atoms with Crippen LogP contribution in [0.25, 0.3) is 0 Å². The first-order valence-electron chi connectivity index (χ1n) is 9.52. The molecule has 0 aliphatic heterocycles. The molecule has 2 saturated carbocycles. The first-order chi connectivity index (χ1) is 12.2. The van der Waals surface area contributed by atoms with Crippen molar-refractivity contribution in [2.24, 2.45) is 16.8 Å². The number of carbonyl (C=O) groups excluding carboxylic acids is 1. The van der Waals surface area contributed by atoms with E-state index in [-0.39, 0.29) is 29.9 Å². The minimum absolute atomic E-state index is 0. The summed E-state index contributed by atoms with van der Waals surface area (Å²) in [5.41, 5.74) is 0. The minimum Gasteiger partial charge on any atom is -0.469 e. The van der Waals surface area contributed by atoms with Crippen LogP contribution in [-0.4, -0.2) is 37.5 Å². The van der Waals surface area contributed by atoms with Crippen molar-refractivity contribution < 1.29 is 9.21 Å². The highest BCUT2D eigenvalue weighted by atomic mass is 127. The Bertz CT molecular complexity index is 576. The van der Waals surface area contributed by atoms with Gasteiger partial charge in [-0.1, -0.05) is 6.42 Å². The second-order valence-electron chi connectivity index (χ2n) is 7.25. The van der Waals surface area contributed by atoms with Crippen LogP contribution in [-0.2, 0) is 11.2 Å². The highest BCUT2D eigenvalue weighted by Crippen LogP contribution is 2.44. The molecule has 3 unspecified atom stereocenters. The van der Waals surface area contributed by atoms with Crippen molar-refractivity contribution in [1.29, 1.82) is 0 Å². The fourth-order valence-corrected chi connectivity index (χ4v) is 4.04. The quantitative estimate of drug-likeness (QED) is 0.234. The van der Waals surface area contributed by atoms with E-state index in [0.29, 0.717) is 19.1 Å². The molecule has 0 spiro atoms. The van der Waals surface area contributed by atoms with Crippen molar-refractivity contribution >= 4 is 35.8 Å². The van der Waals surface area contributed by atoms with E-state index < -0.39 is 0 Å². The molecule has 0 saturated heterocycles. The van der Waals surface area contributed by atoms with Crippen LogP contribution in [0.15, 0.2) is 27.8 Å². The molecule has 2 aliphatic carbocycles. The van der Waals surface area contributed by atoms with E-state index >= 15 is 0 Å². The van der Waals surface area contributed by atoms with E-state index in [1.54, 1.807) is 13.2 Å². The largest absolute Gasteiger partial charge is 0.469 e. The van der Waals surface area contributed by atoms with E-state index in [4.69, 9.17) is 9.41 Å². The van der Waals surface area contributed by atoms with Crippen LogP contribution in [0.5, 0.6) is 0 Å². The van der Waals surface area contributed by atoms with Crippen molar-refractivity contribution in [3.8, 4) is 0 Å². The number of nitrogens with zero attached hydrogens (tertiary/aromatic N) is 1. The van der Waals surface area contributed by atoms with Gasteiger partial charge in [-0.2, -0.15) is 0 Å². The molecule has 26 heavy (non-hydrogen) atoms. The third kappa shape index (κ3) is 6.48. The van der Waals surface area contributed by atoms with Gasteiger partial charge in [-0.25, -0.2) is 0 Å². The van der Waals surface area contributed by atoms with E-state index in [1.807, 2.05) is 12.1 Å². The van der Waals surface area contributed by atoms with Crippen LogP contribution >= 0.6 is 24.0 Å². The van der Waals surface area contributed by atoms with Gasteiger partial charge >= 0.3 is 0 Å². The zero-order valence-corrected chi connectivity index (χ0v) is 17.8. The standard InChI is InChI=1S/C19H30N4O2.HI/c1-14(24)20-8-3-9-21-19(22-10-7-17-4-2-11-25-17)23-18-13-15-5-6-16(18)12-15;/h2,4,11,15-16,18H,3,5-10,12-13H2,1H3,(H,20,24)(H2,21,22,23);1H. The molecule has 146 valence electrons. The zero-order valence-electron chi connectivity index (χ0n) is 15.5. The van der Waals surface area contributed by atoms with Gasteiger partial charge in [0.2, 0.25) is 5.91 Å². The van der Waals surface area contributed by atoms with Crippen LogP contribution in [0, 0.1) is 11.8 Å². The Morgan fingerprint density at radius 1 is 1.27 bits per heavy atom. The molecule has 1 heterocycles. The number of furan rings is 1. The van der Waals surface area contributed by atoms with Crippen molar-refractivity contribution in [2.75, 3.05) is 19.6 Å². The van der Waals surface area contributed by atoms with Crippen molar-refractivity contribution in [2.45, 2.75) is 51.5 Å². The highest BCUT2D eigenvalue weighted by Gasteiger charge is 2.39. The third-order valence-corrected chi connectivity index (χ3v) is 5.28. The maximum Gasteiger partial charge on any atom is 0.216 e. The lowest BCUT2D eigenvalue weighted by atomic mass is 9.95. The number of aliphatic imine (C=N–C) groups is 1. The molecule has 3 rings (SSSR count). The number of hydrogen-bond acceptors (Lipinski definition) is 3. The SMILES string of the molecule is CC(=O)NCCCN=C(NCCc1ccco1)NC1CC2CCC1C2.I. The predicted molar refractivity (Wildman–Crippen MR) is 114 cm³/mol. The second-order valence-corrected chi connectivity index (χ2v) is 7.25. The Balaban J connectivity index is 0.00000243. The number of guanidine groups is 1. The smallest absolute Gasteiger partial charge is 0.216 e. The molecule has 3 N–H and O–H groups in total. The molecule has 1 aromatic rings. The van der Waals surface area contributed by atoms with E-state index in [1.165, 1.54) is 25.7 Å². The molecule has 3 atom stereocenters. The van der Waals surface area contributed by atoms with Crippen LogP contribution in [0.1, 0.15) is 44.8 Å². The molecule has 2 bridgehead atoms. The number of nitrogens with one attached hydrogen (secondary N) is 3. The first-order valence-corrected chi connectivity index (χ1v) is 9.52. The van der Waals surface area contributed by atoms with Gasteiger partial charge in [0.15, 0.2) is 5.96 Å². The summed E-state index contributed by atoms with van der Waals surface area (Å²) >= 11 is 0. The molecular formula is C19H31IN4O2. The third-order valence-electron chi connectivity index (χ3n) is 5.28. The minimum atomic E-state index is 0. The maximum absolute atomic E-state index is 10.9. The number of halogens is 1. The number of rotatable bonds is 8. The van der Waals surface area contributed by atoms with Gasteiger partial charge in [-0.3, -0.25) is 9.79 Å². The highest BCUT2D eigenvalue weighted by molar-refractivity contribution is 14.0. The van der Waals surface area contributed by atoms with Crippen LogP contribution in [0.4, 0.5) is 0 Å². The molecule has 1 amide bonds. The average molecular weight is 474 g/mol. The summed E-state index contributed by atoms with van der Waals surface area (Å²) in [4.78, 5) is 15.6. The zero-order chi connectivity index (χ0) is 17.5. The van der Waals surface area contributed by atoms with E-state index in [9.17, 15) is 4.79 Å². The maximum atomic E-state index is 10.9. The summed E-state index contributed by atoms with van der Waals surface area (Å²) in [7, 11) is 0. The number of amides is 1. The molecule has 0 aromatic carbocycles. The van der Waals surface area contributed by atoms with Gasteiger partial charge in [0.25, 0.3) is 0 Å². The van der Waals surface area contributed by atoms with Gasteiger partial charge in [0.05, 0.1) is 6.26 Å². The van der Waals surface area contributed by atoms with Gasteiger partial charge in [-0.05, 0) is 49.7 Å². The Morgan fingerprint density at radius 3 is 2.81 bits per heavy atom. The summed E-state index contributed by atoms with van der Waals surface area (Å²) in [6.07, 6.45) is 8.80. The summed E-state index contributed by atoms with van der Waals surface area (Å²) in [5, 5.41) is 9.90. The molecular weight excluding hydrogens is 443 g/mol. The fourth-order valence-electron chi connectivity index (χ4n) is 4.04. The number of hydrogen-bond donors (Lipinski definition) is 3. The molecule has 2 aliphatic rings. The normalized spacial score (nSPS) is 24.2. The predicted octanol–water partition coefficient (Wildman–Crippen LogP) is 2.69. The molecule has 0 radical (unpaired) electrons. The molecule has 2 fully saturated rings. The van der Waals surface area contributed by atoms with Crippen molar-refractivity contribution in [3.05, 3.63) is 24.2 Å². The van der Waals surface area contributed by atoms with Gasteiger partial charge < -0.3 is 20.4 Å². The average Bonchev–Trinajstić information content (AvgIpc) is 3.32. The fraction of sp³-hybridized carbons (Fsp3) is 0.684.